The van der Waals surface area contributed by atoms with E-state index < -0.39 is 28.7 Å². The predicted molar refractivity (Wildman–Crippen MR) is 74.9 cm³/mol. The summed E-state index contributed by atoms with van der Waals surface area (Å²) in [6, 6.07) is 0. The summed E-state index contributed by atoms with van der Waals surface area (Å²) < 4.78 is 5.31. The van der Waals surface area contributed by atoms with Crippen molar-refractivity contribution >= 4 is 12.1 Å². The Morgan fingerprint density at radius 2 is 1.90 bits per heavy atom. The number of aliphatic hydroxyl groups is 1. The van der Waals surface area contributed by atoms with Crippen LogP contribution in [-0.4, -0.2) is 64.6 Å². The van der Waals surface area contributed by atoms with Crippen molar-refractivity contribution in [2.45, 2.75) is 44.8 Å². The number of nitrogens with zero attached hydrogens (tertiary/aromatic N) is 1. The fraction of sp³-hybridized carbons (Fsp3) is 0.857. The van der Waals surface area contributed by atoms with Gasteiger partial charge in [-0.05, 0) is 33.6 Å². The molecule has 0 saturated carbocycles. The molecule has 7 heteroatoms. The van der Waals surface area contributed by atoms with Crippen molar-refractivity contribution in [3.05, 3.63) is 0 Å². The minimum Gasteiger partial charge on any atom is -0.481 e. The number of ether oxygens (including phenoxy) is 1. The first kappa shape index (κ1) is 16.0. The minimum atomic E-state index is -1.42. The number of likely N-dealkylation sites (tertiary alicyclic amines) is 1. The second-order valence-electron chi connectivity index (χ2n) is 7.03. The molecule has 0 radical (unpaired) electrons. The Hall–Kier alpha value is -1.34. The molecule has 0 aromatic heterocycles. The molecule has 0 spiro atoms. The van der Waals surface area contributed by atoms with Crippen molar-refractivity contribution in [1.29, 1.82) is 0 Å². The molecule has 2 saturated heterocycles. The molecule has 0 aromatic carbocycles. The minimum absolute atomic E-state index is 0.00407. The second-order valence-corrected chi connectivity index (χ2v) is 7.03. The van der Waals surface area contributed by atoms with Gasteiger partial charge >= 0.3 is 12.1 Å². The third-order valence-electron chi connectivity index (χ3n) is 4.28. The molecule has 0 bridgehead atoms. The average Bonchev–Trinajstić information content (AvgIpc) is 2.23. The zero-order chi connectivity index (χ0) is 15.9. The molecule has 2 rings (SSSR count). The van der Waals surface area contributed by atoms with Gasteiger partial charge in [0.25, 0.3) is 0 Å². The standard InChI is InChI=1S/C14H24N2O5/c1-12(2,3)21-11(19)16-6-4-5-14(20,9-16)13(10(17)18)7-15-8-13/h15,20H,4-9H2,1-3H3,(H,17,18). The van der Waals surface area contributed by atoms with Gasteiger partial charge in [-0.25, -0.2) is 4.79 Å². The van der Waals surface area contributed by atoms with Crippen molar-refractivity contribution in [1.82, 2.24) is 10.2 Å². The van der Waals surface area contributed by atoms with E-state index in [4.69, 9.17) is 4.74 Å². The molecule has 0 aromatic rings. The smallest absolute Gasteiger partial charge is 0.410 e. The summed E-state index contributed by atoms with van der Waals surface area (Å²) >= 11 is 0. The molecule has 1 amide bonds. The Labute approximate surface area is 124 Å². The van der Waals surface area contributed by atoms with E-state index in [1.807, 2.05) is 0 Å². The summed E-state index contributed by atoms with van der Waals surface area (Å²) in [5, 5.41) is 23.2. The van der Waals surface area contributed by atoms with Crippen molar-refractivity contribution in [2.24, 2.45) is 5.41 Å². The number of carbonyl (C=O) groups is 2. The summed E-state index contributed by atoms with van der Waals surface area (Å²) in [6.45, 7) is 6.24. The molecular weight excluding hydrogens is 276 g/mol. The fourth-order valence-electron chi connectivity index (χ4n) is 2.96. The largest absolute Gasteiger partial charge is 0.481 e. The molecule has 2 heterocycles. The highest BCUT2D eigenvalue weighted by Gasteiger charge is 2.61. The quantitative estimate of drug-likeness (QED) is 0.683. The van der Waals surface area contributed by atoms with E-state index in [0.29, 0.717) is 19.4 Å². The highest BCUT2D eigenvalue weighted by molar-refractivity contribution is 5.79. The molecule has 21 heavy (non-hydrogen) atoms. The van der Waals surface area contributed by atoms with Gasteiger partial charge < -0.3 is 25.2 Å². The van der Waals surface area contributed by atoms with Gasteiger partial charge in [0, 0.05) is 19.6 Å². The van der Waals surface area contributed by atoms with Crippen molar-refractivity contribution in [3.8, 4) is 0 Å². The highest BCUT2D eigenvalue weighted by Crippen LogP contribution is 2.42. The van der Waals surface area contributed by atoms with E-state index in [1.165, 1.54) is 4.90 Å². The third kappa shape index (κ3) is 2.85. The van der Waals surface area contributed by atoms with Crippen LogP contribution in [0.2, 0.25) is 0 Å². The maximum absolute atomic E-state index is 12.1. The Bertz CT molecular complexity index is 441. The van der Waals surface area contributed by atoms with Crippen LogP contribution in [0.3, 0.4) is 0 Å². The maximum Gasteiger partial charge on any atom is 0.410 e. The average molecular weight is 300 g/mol. The Morgan fingerprint density at radius 1 is 1.29 bits per heavy atom. The number of rotatable bonds is 2. The van der Waals surface area contributed by atoms with Gasteiger partial charge in [-0.1, -0.05) is 0 Å². The zero-order valence-corrected chi connectivity index (χ0v) is 12.8. The number of carboxylic acids is 1. The van der Waals surface area contributed by atoms with Crippen LogP contribution in [0.1, 0.15) is 33.6 Å². The van der Waals surface area contributed by atoms with Crippen molar-refractivity contribution < 1.29 is 24.5 Å². The van der Waals surface area contributed by atoms with Crippen LogP contribution in [0.4, 0.5) is 4.79 Å². The fourth-order valence-corrected chi connectivity index (χ4v) is 2.96. The molecule has 1 atom stereocenters. The topological polar surface area (TPSA) is 99.1 Å². The van der Waals surface area contributed by atoms with E-state index in [0.717, 1.165) is 0 Å². The number of hydrogen-bond donors (Lipinski definition) is 3. The van der Waals surface area contributed by atoms with Gasteiger partial charge in [0.2, 0.25) is 0 Å². The van der Waals surface area contributed by atoms with E-state index >= 15 is 0 Å². The van der Waals surface area contributed by atoms with E-state index in [9.17, 15) is 19.8 Å². The summed E-state index contributed by atoms with van der Waals surface area (Å²) in [5.74, 6) is -1.02. The highest BCUT2D eigenvalue weighted by atomic mass is 16.6. The molecule has 2 aliphatic rings. The van der Waals surface area contributed by atoms with Gasteiger partial charge in [-0.2, -0.15) is 0 Å². The lowest BCUT2D eigenvalue weighted by molar-refractivity contribution is -0.187. The van der Waals surface area contributed by atoms with Crippen LogP contribution < -0.4 is 5.32 Å². The summed E-state index contributed by atoms with van der Waals surface area (Å²) in [6.07, 6.45) is 0.429. The third-order valence-corrected chi connectivity index (χ3v) is 4.28. The molecule has 7 nitrogen and oxygen atoms in total. The number of amides is 1. The van der Waals surface area contributed by atoms with Crippen LogP contribution in [0.15, 0.2) is 0 Å². The van der Waals surface area contributed by atoms with Crippen molar-refractivity contribution in [3.63, 3.8) is 0 Å². The second kappa shape index (κ2) is 5.14. The number of piperidine rings is 1. The molecule has 3 N–H and O–H groups in total. The van der Waals surface area contributed by atoms with Crippen LogP contribution in [0.5, 0.6) is 0 Å². The molecule has 2 aliphatic heterocycles. The summed E-state index contributed by atoms with van der Waals surface area (Å²) in [7, 11) is 0. The molecule has 120 valence electrons. The molecule has 0 aliphatic carbocycles. The lowest BCUT2D eigenvalue weighted by atomic mass is 9.64. The first-order valence-corrected chi connectivity index (χ1v) is 7.24. The number of aliphatic carboxylic acids is 1. The SMILES string of the molecule is CC(C)(C)OC(=O)N1CCCC(O)(C2(C(=O)O)CNC2)C1. The molecule has 1 unspecified atom stereocenters. The van der Waals surface area contributed by atoms with Gasteiger partial charge in [-0.3, -0.25) is 4.79 Å². The van der Waals surface area contributed by atoms with Crippen LogP contribution in [0.25, 0.3) is 0 Å². The van der Waals surface area contributed by atoms with Gasteiger partial charge in [0.15, 0.2) is 0 Å². The van der Waals surface area contributed by atoms with Crippen LogP contribution in [0, 0.1) is 5.41 Å². The van der Waals surface area contributed by atoms with E-state index in [-0.39, 0.29) is 19.6 Å². The number of hydrogen-bond acceptors (Lipinski definition) is 5. The summed E-state index contributed by atoms with van der Waals surface area (Å²) in [5.41, 5.74) is -3.25. The Morgan fingerprint density at radius 3 is 2.33 bits per heavy atom. The van der Waals surface area contributed by atoms with Crippen molar-refractivity contribution in [2.75, 3.05) is 26.2 Å². The Kier molecular flexibility index (Phi) is 3.92. The summed E-state index contributed by atoms with van der Waals surface area (Å²) in [4.78, 5) is 25.1. The first-order valence-electron chi connectivity index (χ1n) is 7.24. The van der Waals surface area contributed by atoms with E-state index in [1.54, 1.807) is 20.8 Å². The Balaban J connectivity index is 2.13. The molecular formula is C14H24N2O5. The zero-order valence-electron chi connectivity index (χ0n) is 12.8. The van der Waals surface area contributed by atoms with Gasteiger partial charge in [0.1, 0.15) is 16.6 Å². The number of nitrogens with one attached hydrogen (secondary N) is 1. The lowest BCUT2D eigenvalue weighted by Crippen LogP contribution is -2.73. The lowest BCUT2D eigenvalue weighted by Gasteiger charge is -2.53. The maximum atomic E-state index is 12.1. The van der Waals surface area contributed by atoms with Gasteiger partial charge in [0.05, 0.1) is 6.54 Å². The number of carboxylic acid groups (broad SMARTS) is 1. The normalized spacial score (nSPS) is 28.7. The first-order chi connectivity index (χ1) is 9.60. The number of carbonyl (C=O) groups excluding carboxylic acids is 1. The van der Waals surface area contributed by atoms with Crippen LogP contribution in [-0.2, 0) is 9.53 Å². The van der Waals surface area contributed by atoms with Gasteiger partial charge in [-0.15, -0.1) is 0 Å². The number of β-amino-alcohol motifs (C(OH)–C–C–N with tert-alkyl or cyclic N) is 1. The van der Waals surface area contributed by atoms with Crippen LogP contribution >= 0.6 is 0 Å². The molecule has 2 fully saturated rings. The predicted octanol–water partition coefficient (Wildman–Crippen LogP) is 0.423. The van der Waals surface area contributed by atoms with E-state index in [2.05, 4.69) is 5.32 Å². The monoisotopic (exact) mass is 300 g/mol.